The highest BCUT2D eigenvalue weighted by atomic mass is 32.1. The van der Waals surface area contributed by atoms with E-state index in [9.17, 15) is 0 Å². The summed E-state index contributed by atoms with van der Waals surface area (Å²) in [4.78, 5) is 0. The first-order valence-corrected chi connectivity index (χ1v) is 5.40. The average Bonchev–Trinajstić information content (AvgIpc) is 2.04. The number of rotatable bonds is 3. The van der Waals surface area contributed by atoms with Crippen LogP contribution in [0, 0.1) is 11.3 Å². The molecular formula is C11H24N2S. The molecule has 0 aromatic rings. The molecule has 14 heavy (non-hydrogen) atoms. The van der Waals surface area contributed by atoms with Crippen molar-refractivity contribution in [3.8, 4) is 0 Å². The predicted octanol–water partition coefficient (Wildman–Crippen LogP) is 3.24. The van der Waals surface area contributed by atoms with Crippen LogP contribution in [0.3, 0.4) is 0 Å². The molecule has 0 rings (SSSR count). The monoisotopic (exact) mass is 216 g/mol. The summed E-state index contributed by atoms with van der Waals surface area (Å²) in [5.74, 6) is 0.876. The molecule has 0 bridgehead atoms. The van der Waals surface area contributed by atoms with Gasteiger partial charge in [-0.15, -0.1) is 0 Å². The van der Waals surface area contributed by atoms with E-state index in [1.54, 1.807) is 13.8 Å². The summed E-state index contributed by atoms with van der Waals surface area (Å²) in [6, 6.07) is 0. The van der Waals surface area contributed by atoms with Crippen LogP contribution in [0.2, 0.25) is 0 Å². The van der Waals surface area contributed by atoms with Crippen molar-refractivity contribution in [2.24, 2.45) is 11.7 Å². The molecule has 3 N–H and O–H groups in total. The maximum atomic E-state index is 6.85. The van der Waals surface area contributed by atoms with Crippen LogP contribution in [-0.2, 0) is 0 Å². The van der Waals surface area contributed by atoms with E-state index in [4.69, 9.17) is 11.1 Å². The molecule has 0 saturated carbocycles. The van der Waals surface area contributed by atoms with Gasteiger partial charge in [-0.3, -0.25) is 5.41 Å². The summed E-state index contributed by atoms with van der Waals surface area (Å²) >= 11 is 4.00. The van der Waals surface area contributed by atoms with E-state index in [1.165, 1.54) is 6.42 Å². The Balaban J connectivity index is 0. The Morgan fingerprint density at radius 3 is 2.00 bits per heavy atom. The number of allylic oxidation sites excluding steroid dienone is 2. The summed E-state index contributed by atoms with van der Waals surface area (Å²) in [6.07, 6.45) is 5.58. The summed E-state index contributed by atoms with van der Waals surface area (Å²) in [5, 5.41) is 6.85. The standard InChI is InChI=1S/C7H14.C4H10N2S/c1-4-6-7(3)5-2;1-4(2,7)3(5)6/h4,6-7H,5H2,1-3H3;7H,1-2H3,(H3,5,6)/b6-4+;. The number of amidine groups is 1. The maximum Gasteiger partial charge on any atom is 0.106 e. The summed E-state index contributed by atoms with van der Waals surface area (Å²) < 4.78 is -0.444. The lowest BCUT2D eigenvalue weighted by Gasteiger charge is -2.13. The minimum atomic E-state index is -0.444. The van der Waals surface area contributed by atoms with Gasteiger partial charge >= 0.3 is 0 Å². The fourth-order valence-corrected chi connectivity index (χ4v) is 0.465. The van der Waals surface area contributed by atoms with Crippen LogP contribution in [0.1, 0.15) is 41.0 Å². The number of nitrogens with one attached hydrogen (secondary N) is 1. The molecule has 0 aromatic heterocycles. The van der Waals surface area contributed by atoms with Gasteiger partial charge in [-0.25, -0.2) is 0 Å². The minimum Gasteiger partial charge on any atom is -0.387 e. The van der Waals surface area contributed by atoms with Crippen molar-refractivity contribution in [1.82, 2.24) is 0 Å². The number of nitrogens with two attached hydrogens (primary N) is 1. The van der Waals surface area contributed by atoms with Crippen LogP contribution in [0.25, 0.3) is 0 Å². The molecule has 0 aliphatic rings. The molecule has 1 atom stereocenters. The Hall–Kier alpha value is -0.440. The molecule has 0 amide bonds. The van der Waals surface area contributed by atoms with Crippen LogP contribution in [0.4, 0.5) is 0 Å². The average molecular weight is 216 g/mol. The molecule has 0 saturated heterocycles. The zero-order valence-electron chi connectivity index (χ0n) is 9.96. The van der Waals surface area contributed by atoms with Crippen molar-refractivity contribution in [1.29, 1.82) is 5.41 Å². The van der Waals surface area contributed by atoms with Crippen molar-refractivity contribution in [2.45, 2.75) is 45.8 Å². The zero-order valence-corrected chi connectivity index (χ0v) is 10.9. The second-order valence-electron chi connectivity index (χ2n) is 3.88. The van der Waals surface area contributed by atoms with Gasteiger partial charge in [0.15, 0.2) is 0 Å². The van der Waals surface area contributed by atoms with Gasteiger partial charge in [-0.05, 0) is 26.7 Å². The first kappa shape index (κ1) is 16.0. The van der Waals surface area contributed by atoms with Crippen LogP contribution in [-0.4, -0.2) is 10.6 Å². The number of thiol groups is 1. The van der Waals surface area contributed by atoms with Crippen LogP contribution in [0.5, 0.6) is 0 Å². The predicted molar refractivity (Wildman–Crippen MR) is 69.2 cm³/mol. The Morgan fingerprint density at radius 1 is 1.57 bits per heavy atom. The van der Waals surface area contributed by atoms with Gasteiger partial charge in [0.25, 0.3) is 0 Å². The normalized spacial score (nSPS) is 13.3. The third kappa shape index (κ3) is 11.6. The lowest BCUT2D eigenvalue weighted by molar-refractivity contribution is 0.697. The highest BCUT2D eigenvalue weighted by Crippen LogP contribution is 2.09. The second kappa shape index (κ2) is 7.92. The van der Waals surface area contributed by atoms with E-state index in [2.05, 4.69) is 45.6 Å². The van der Waals surface area contributed by atoms with Crippen LogP contribution in [0.15, 0.2) is 12.2 Å². The first-order chi connectivity index (χ1) is 6.25. The molecule has 84 valence electrons. The van der Waals surface area contributed by atoms with Crippen molar-refractivity contribution in [3.63, 3.8) is 0 Å². The molecule has 3 heteroatoms. The highest BCUT2D eigenvalue weighted by molar-refractivity contribution is 7.82. The fourth-order valence-electron chi connectivity index (χ4n) is 0.465. The second-order valence-corrected chi connectivity index (χ2v) is 5.00. The van der Waals surface area contributed by atoms with E-state index in [-0.39, 0.29) is 5.84 Å². The number of hydrogen-bond donors (Lipinski definition) is 3. The van der Waals surface area contributed by atoms with E-state index in [1.807, 2.05) is 0 Å². The van der Waals surface area contributed by atoms with Gasteiger partial charge in [-0.1, -0.05) is 32.4 Å². The van der Waals surface area contributed by atoms with E-state index < -0.39 is 4.75 Å². The molecule has 0 aromatic carbocycles. The van der Waals surface area contributed by atoms with E-state index in [0.29, 0.717) is 0 Å². The topological polar surface area (TPSA) is 49.9 Å². The van der Waals surface area contributed by atoms with Gasteiger partial charge in [-0.2, -0.15) is 12.6 Å². The Labute approximate surface area is 93.9 Å². The molecule has 0 spiro atoms. The van der Waals surface area contributed by atoms with Crippen molar-refractivity contribution in [3.05, 3.63) is 12.2 Å². The third-order valence-electron chi connectivity index (χ3n) is 1.82. The summed E-state index contributed by atoms with van der Waals surface area (Å²) in [7, 11) is 0. The molecule has 0 fully saturated rings. The van der Waals surface area contributed by atoms with Crippen LogP contribution < -0.4 is 5.73 Å². The molecule has 0 heterocycles. The van der Waals surface area contributed by atoms with Gasteiger partial charge in [0.1, 0.15) is 5.84 Å². The Bertz CT molecular complexity index is 180. The summed E-state index contributed by atoms with van der Waals surface area (Å²) in [5.41, 5.74) is 5.08. The lowest BCUT2D eigenvalue weighted by Crippen LogP contribution is -2.31. The Morgan fingerprint density at radius 2 is 1.93 bits per heavy atom. The van der Waals surface area contributed by atoms with Crippen LogP contribution >= 0.6 is 12.6 Å². The lowest BCUT2D eigenvalue weighted by atomic mass is 10.1. The summed E-state index contributed by atoms with van der Waals surface area (Å²) in [6.45, 7) is 10.0. The molecule has 0 aliphatic heterocycles. The largest absolute Gasteiger partial charge is 0.387 e. The molecule has 0 aliphatic carbocycles. The van der Waals surface area contributed by atoms with E-state index >= 15 is 0 Å². The molecule has 2 nitrogen and oxygen atoms in total. The molecule has 0 radical (unpaired) electrons. The van der Waals surface area contributed by atoms with Gasteiger partial charge in [0.2, 0.25) is 0 Å². The Kier molecular flexibility index (Phi) is 9.05. The minimum absolute atomic E-state index is 0.107. The fraction of sp³-hybridized carbons (Fsp3) is 0.727. The van der Waals surface area contributed by atoms with Gasteiger partial charge in [0.05, 0.1) is 4.75 Å². The zero-order chi connectivity index (χ0) is 11.8. The first-order valence-electron chi connectivity index (χ1n) is 4.95. The molecule has 1 unspecified atom stereocenters. The SMILES string of the molecule is C/C=C/C(C)CC.CC(C)(S)C(=N)N. The quantitative estimate of drug-likeness (QED) is 0.288. The molecular weight excluding hydrogens is 192 g/mol. The van der Waals surface area contributed by atoms with Crippen molar-refractivity contribution < 1.29 is 0 Å². The van der Waals surface area contributed by atoms with Crippen molar-refractivity contribution >= 4 is 18.5 Å². The van der Waals surface area contributed by atoms with E-state index in [0.717, 1.165) is 5.92 Å². The smallest absolute Gasteiger partial charge is 0.106 e. The van der Waals surface area contributed by atoms with Gasteiger partial charge < -0.3 is 5.73 Å². The van der Waals surface area contributed by atoms with Gasteiger partial charge in [0, 0.05) is 0 Å². The number of hydrogen-bond acceptors (Lipinski definition) is 2. The maximum absolute atomic E-state index is 6.85. The van der Waals surface area contributed by atoms with Crippen molar-refractivity contribution in [2.75, 3.05) is 0 Å². The third-order valence-corrected chi connectivity index (χ3v) is 2.06. The highest BCUT2D eigenvalue weighted by Gasteiger charge is 2.13.